The molecule has 2 unspecified atom stereocenters. The van der Waals surface area contributed by atoms with Crippen LogP contribution in [-0.2, 0) is 4.43 Å². The first-order valence-electron chi connectivity index (χ1n) is 17.7. The van der Waals surface area contributed by atoms with Gasteiger partial charge in [0, 0.05) is 36.8 Å². The molecule has 53 heavy (non-hydrogen) atoms. The zero-order chi connectivity index (χ0) is 37.5. The normalized spacial score (nSPS) is 17.0. The zero-order valence-corrected chi connectivity index (χ0v) is 31.0. The van der Waals surface area contributed by atoms with Gasteiger partial charge in [-0.25, -0.2) is 9.37 Å². The summed E-state index contributed by atoms with van der Waals surface area (Å²) in [6.45, 7) is 9.05. The molecule has 0 radical (unpaired) electrons. The molecule has 6 aromatic rings. The predicted molar refractivity (Wildman–Crippen MR) is 200 cm³/mol. The molecule has 3 aromatic carbocycles. The fourth-order valence-corrected chi connectivity index (χ4v) is 12.2. The van der Waals surface area contributed by atoms with Gasteiger partial charge in [0.15, 0.2) is 11.5 Å². The average Bonchev–Trinajstić information content (AvgIpc) is 3.74. The van der Waals surface area contributed by atoms with E-state index in [9.17, 15) is 13.2 Å². The van der Waals surface area contributed by atoms with Crippen LogP contribution in [0.15, 0.2) is 103 Å². The summed E-state index contributed by atoms with van der Waals surface area (Å²) in [6.07, 6.45) is -3.14. The molecular formula is C40H42F4N6O2Si. The van der Waals surface area contributed by atoms with Gasteiger partial charge in [-0.15, -0.1) is 10.2 Å². The van der Waals surface area contributed by atoms with Crippen LogP contribution >= 0.6 is 0 Å². The van der Waals surface area contributed by atoms with Gasteiger partial charge < -0.3 is 14.9 Å². The second-order valence-corrected chi connectivity index (χ2v) is 19.1. The molecule has 3 aromatic heterocycles. The smallest absolute Gasteiger partial charge is 0.408 e. The Morgan fingerprint density at radius 2 is 1.58 bits per heavy atom. The molecule has 7 rings (SSSR count). The number of ether oxygens (including phenoxy) is 1. The summed E-state index contributed by atoms with van der Waals surface area (Å²) < 4.78 is 73.3. The Hall–Kier alpha value is -4.69. The average molecular weight is 743 g/mol. The Balaban J connectivity index is 1.21. The zero-order valence-electron chi connectivity index (χ0n) is 30.0. The van der Waals surface area contributed by atoms with Gasteiger partial charge >= 0.3 is 6.18 Å². The van der Waals surface area contributed by atoms with Crippen LogP contribution in [0.25, 0.3) is 28.1 Å². The van der Waals surface area contributed by atoms with E-state index >= 15 is 4.39 Å². The Kier molecular flexibility index (Phi) is 9.87. The second kappa shape index (κ2) is 14.3. The summed E-state index contributed by atoms with van der Waals surface area (Å²) in [5.41, 5.74) is 7.08. The monoisotopic (exact) mass is 742 g/mol. The molecule has 2 N–H and O–H groups in total. The highest BCUT2D eigenvalue weighted by atomic mass is 28.4. The number of hydrogen-bond acceptors (Lipinski definition) is 7. The largest absolute Gasteiger partial charge is 0.486 e. The van der Waals surface area contributed by atoms with Crippen molar-refractivity contribution in [2.75, 3.05) is 19.7 Å². The molecule has 0 spiro atoms. The lowest BCUT2D eigenvalue weighted by Crippen LogP contribution is -2.67. The number of pyridine rings is 2. The quantitative estimate of drug-likeness (QED) is 0.119. The van der Waals surface area contributed by atoms with E-state index in [0.29, 0.717) is 28.7 Å². The summed E-state index contributed by atoms with van der Waals surface area (Å²) in [5.74, 6) is -0.0573. The number of nitrogens with two attached hydrogens (primary N) is 1. The first-order valence-corrected chi connectivity index (χ1v) is 19.6. The summed E-state index contributed by atoms with van der Waals surface area (Å²) in [5, 5.41) is 11.0. The van der Waals surface area contributed by atoms with Crippen molar-refractivity contribution in [2.45, 2.75) is 63.5 Å². The highest BCUT2D eigenvalue weighted by Crippen LogP contribution is 2.40. The van der Waals surface area contributed by atoms with E-state index in [1.807, 2.05) is 43.3 Å². The van der Waals surface area contributed by atoms with Crippen LogP contribution in [0, 0.1) is 5.82 Å². The Bertz CT molecular complexity index is 2170. The molecule has 0 amide bonds. The van der Waals surface area contributed by atoms with Crippen LogP contribution in [0.3, 0.4) is 0 Å². The molecule has 13 heteroatoms. The third-order valence-corrected chi connectivity index (χ3v) is 14.9. The van der Waals surface area contributed by atoms with Gasteiger partial charge in [-0.1, -0.05) is 93.6 Å². The van der Waals surface area contributed by atoms with Crippen molar-refractivity contribution in [3.05, 3.63) is 115 Å². The van der Waals surface area contributed by atoms with Gasteiger partial charge in [-0.3, -0.25) is 9.30 Å². The fourth-order valence-electron chi connectivity index (χ4n) is 7.54. The molecule has 0 bridgehead atoms. The molecule has 0 aliphatic carbocycles. The number of hydrogen-bond donors (Lipinski definition) is 1. The molecule has 1 fully saturated rings. The summed E-state index contributed by atoms with van der Waals surface area (Å²) in [6, 6.07) is 27.3. The summed E-state index contributed by atoms with van der Waals surface area (Å²) in [4.78, 5) is 6.18. The van der Waals surface area contributed by atoms with Crippen LogP contribution in [0.5, 0.6) is 5.75 Å². The van der Waals surface area contributed by atoms with Crippen molar-refractivity contribution >= 4 is 35.2 Å². The molecule has 276 valence electrons. The standard InChI is InChI=1S/C40H42F4N6O2Si/c1-26(25-51-53(39(2,3)4,31-11-7-5-8-12-31)32-13-9-6-10-14-32)52-34-22-29(41)21-27-15-17-33(46-36(27)34)38-48-47-35-18-16-28(23-50(35)38)37(40(42,43)44)49-20-19-30(45)24-49/h5-18,21-23,26,30,37H,19-20,24-25,45H2,1-4H3/t26?,30?,37-/m1/s1. The third kappa shape index (κ3) is 7.18. The maximum atomic E-state index is 15.0. The number of fused-ring (bicyclic) bond motifs is 2. The van der Waals surface area contributed by atoms with Crippen molar-refractivity contribution in [3.63, 3.8) is 0 Å². The SMILES string of the molecule is CC(CO[Si](c1ccccc1)(c1ccccc1)C(C)(C)C)Oc1cc(F)cc2ccc(-c3nnc4ccc([C@@H](N5CCC(N)C5)C(F)(F)F)cn34)nc12. The van der Waals surface area contributed by atoms with Gasteiger partial charge in [0.2, 0.25) is 0 Å². The lowest BCUT2D eigenvalue weighted by atomic mass is 10.1. The van der Waals surface area contributed by atoms with Crippen molar-refractivity contribution < 1.29 is 26.7 Å². The summed E-state index contributed by atoms with van der Waals surface area (Å²) in [7, 11) is -2.87. The molecule has 0 saturated carbocycles. The minimum Gasteiger partial charge on any atom is -0.486 e. The van der Waals surface area contributed by atoms with Crippen LogP contribution < -0.4 is 20.8 Å². The topological polar surface area (TPSA) is 90.8 Å². The van der Waals surface area contributed by atoms with Gasteiger partial charge in [0.25, 0.3) is 8.32 Å². The maximum Gasteiger partial charge on any atom is 0.408 e. The van der Waals surface area contributed by atoms with E-state index in [2.05, 4.69) is 55.2 Å². The molecule has 1 aliphatic rings. The van der Waals surface area contributed by atoms with E-state index in [-0.39, 0.29) is 47.9 Å². The first kappa shape index (κ1) is 36.7. The van der Waals surface area contributed by atoms with Gasteiger partial charge in [-0.05, 0) is 52.5 Å². The number of aromatic nitrogens is 4. The number of halogens is 4. The number of likely N-dealkylation sites (tertiary alicyclic amines) is 1. The fraction of sp³-hybridized carbons (Fsp3) is 0.325. The van der Waals surface area contributed by atoms with E-state index in [4.69, 9.17) is 19.9 Å². The minimum atomic E-state index is -4.53. The van der Waals surface area contributed by atoms with Crippen molar-refractivity contribution in [1.82, 2.24) is 24.5 Å². The predicted octanol–water partition coefficient (Wildman–Crippen LogP) is 7.06. The highest BCUT2D eigenvalue weighted by Gasteiger charge is 2.50. The molecule has 1 saturated heterocycles. The molecular weight excluding hydrogens is 701 g/mol. The van der Waals surface area contributed by atoms with Crippen LogP contribution in [0.2, 0.25) is 5.04 Å². The number of alkyl halides is 3. The van der Waals surface area contributed by atoms with Crippen LogP contribution in [-0.4, -0.2) is 70.8 Å². The first-order chi connectivity index (χ1) is 25.2. The van der Waals surface area contributed by atoms with E-state index < -0.39 is 32.5 Å². The van der Waals surface area contributed by atoms with E-state index in [1.54, 1.807) is 12.1 Å². The Morgan fingerprint density at radius 1 is 0.906 bits per heavy atom. The minimum absolute atomic E-state index is 0.0433. The van der Waals surface area contributed by atoms with Crippen molar-refractivity contribution in [1.29, 1.82) is 0 Å². The lowest BCUT2D eigenvalue weighted by molar-refractivity contribution is -0.183. The summed E-state index contributed by atoms with van der Waals surface area (Å²) >= 11 is 0. The lowest BCUT2D eigenvalue weighted by Gasteiger charge is -2.43. The maximum absolute atomic E-state index is 15.0. The van der Waals surface area contributed by atoms with Crippen LogP contribution in [0.4, 0.5) is 17.6 Å². The van der Waals surface area contributed by atoms with Gasteiger partial charge in [-0.2, -0.15) is 13.2 Å². The molecule has 3 atom stereocenters. The van der Waals surface area contributed by atoms with Gasteiger partial charge in [0.1, 0.15) is 34.9 Å². The molecule has 4 heterocycles. The third-order valence-electron chi connectivity index (χ3n) is 9.90. The van der Waals surface area contributed by atoms with E-state index in [1.165, 1.54) is 39.8 Å². The van der Waals surface area contributed by atoms with E-state index in [0.717, 1.165) is 10.4 Å². The van der Waals surface area contributed by atoms with Crippen molar-refractivity contribution in [3.8, 4) is 17.3 Å². The molecule has 1 aliphatic heterocycles. The van der Waals surface area contributed by atoms with Crippen LogP contribution in [0.1, 0.15) is 45.7 Å². The highest BCUT2D eigenvalue weighted by molar-refractivity contribution is 6.99. The second-order valence-electron chi connectivity index (χ2n) is 14.8. The van der Waals surface area contributed by atoms with Gasteiger partial charge in [0.05, 0.1) is 6.61 Å². The number of benzene rings is 3. The Morgan fingerprint density at radius 3 is 2.19 bits per heavy atom. The Labute approximate surface area is 306 Å². The van der Waals surface area contributed by atoms with Crippen molar-refractivity contribution in [2.24, 2.45) is 5.73 Å². The number of nitrogens with zero attached hydrogens (tertiary/aromatic N) is 5. The molecule has 8 nitrogen and oxygen atoms in total. The number of rotatable bonds is 10.